The third-order valence-corrected chi connectivity index (χ3v) is 0.295. The monoisotopic (exact) mass is 143 g/mol. The largest absolute Gasteiger partial charge is 0.240 e. The first-order valence-corrected chi connectivity index (χ1v) is 1.90. The van der Waals surface area contributed by atoms with Gasteiger partial charge in [0.25, 0.3) is 0 Å². The van der Waals surface area contributed by atoms with E-state index in [1.54, 1.807) is 0 Å². The van der Waals surface area contributed by atoms with Crippen LogP contribution in [0.5, 0.6) is 0 Å². The van der Waals surface area contributed by atoms with Crippen molar-refractivity contribution in [2.45, 2.75) is 5.08 Å². The topological polar surface area (TPSA) is 0 Å². The number of halogens is 3. The molecule has 0 rings (SSSR count). The van der Waals surface area contributed by atoms with E-state index < -0.39 is 5.08 Å². The summed E-state index contributed by atoms with van der Waals surface area (Å²) in [6.07, 6.45) is 0. The summed E-state index contributed by atoms with van der Waals surface area (Å²) in [6.45, 7) is -0.0833. The molecule has 3 heteroatoms. The summed E-state index contributed by atoms with van der Waals surface area (Å²) in [5.41, 5.74) is 0. The Morgan fingerprint density at radius 3 is 2.00 bits per heavy atom. The molecule has 31 valence electrons. The van der Waals surface area contributed by atoms with Gasteiger partial charge in [-0.1, -0.05) is 0 Å². The van der Waals surface area contributed by atoms with Gasteiger partial charge in [-0.05, 0) is 15.9 Å². The maximum absolute atomic E-state index is 10.9. The van der Waals surface area contributed by atoms with E-state index >= 15 is 0 Å². The lowest BCUT2D eigenvalue weighted by atomic mass is 10.9. The zero-order valence-electron chi connectivity index (χ0n) is 2.29. The molecule has 0 aliphatic rings. The minimum absolute atomic E-state index is 0.0833. The molecule has 0 saturated heterocycles. The Morgan fingerprint density at radius 2 is 2.00 bits per heavy atom. The predicted octanol–water partition coefficient (Wildman–Crippen LogP) is 1.81. The fraction of sp³-hybridized carbons (Fsp3) is 0.500. The number of alkyl halides is 2. The SMILES string of the molecule is F[CH]C(F)Br. The standard InChI is InChI=1S/C2H2BrF2/c3-2(5)1-4/h1-2H. The van der Waals surface area contributed by atoms with Gasteiger partial charge in [0.15, 0.2) is 11.8 Å². The van der Waals surface area contributed by atoms with Gasteiger partial charge in [-0.15, -0.1) is 0 Å². The molecule has 0 bridgehead atoms. The Kier molecular flexibility index (Phi) is 2.75. The van der Waals surface area contributed by atoms with E-state index in [0.29, 0.717) is 0 Å². The molecule has 0 fully saturated rings. The highest BCUT2D eigenvalue weighted by atomic mass is 79.9. The lowest BCUT2D eigenvalue weighted by Gasteiger charge is -1.79. The summed E-state index contributed by atoms with van der Waals surface area (Å²) < 4.78 is 21.5. The van der Waals surface area contributed by atoms with Crippen LogP contribution in [0.25, 0.3) is 0 Å². The molecule has 0 nitrogen and oxygen atoms in total. The maximum Gasteiger partial charge on any atom is 0.188 e. The summed E-state index contributed by atoms with van der Waals surface area (Å²) in [4.78, 5) is 0. The Morgan fingerprint density at radius 1 is 1.80 bits per heavy atom. The summed E-state index contributed by atoms with van der Waals surface area (Å²) in [5, 5.41) is -1.59. The fourth-order valence-corrected chi connectivity index (χ4v) is 0. The van der Waals surface area contributed by atoms with E-state index in [0.717, 1.165) is 0 Å². The Labute approximate surface area is 37.3 Å². The van der Waals surface area contributed by atoms with Crippen molar-refractivity contribution >= 4 is 15.9 Å². The van der Waals surface area contributed by atoms with Gasteiger partial charge in [-0.3, -0.25) is 0 Å². The first kappa shape index (κ1) is 5.34. The third kappa shape index (κ3) is 4.34. The summed E-state index contributed by atoms with van der Waals surface area (Å²) in [7, 11) is 0. The zero-order valence-corrected chi connectivity index (χ0v) is 3.87. The molecule has 0 aromatic rings. The third-order valence-electron chi connectivity index (χ3n) is 0.0952. The smallest absolute Gasteiger partial charge is 0.188 e. The zero-order chi connectivity index (χ0) is 4.28. The normalized spacial score (nSPS) is 15.0. The Balaban J connectivity index is 2.54. The first-order valence-electron chi connectivity index (χ1n) is 0.988. The van der Waals surface area contributed by atoms with E-state index in [1.165, 1.54) is 0 Å². The number of hydrogen-bond acceptors (Lipinski definition) is 0. The van der Waals surface area contributed by atoms with Crippen LogP contribution in [0.2, 0.25) is 0 Å². The number of hydrogen-bond donors (Lipinski definition) is 0. The van der Waals surface area contributed by atoms with E-state index in [9.17, 15) is 8.78 Å². The van der Waals surface area contributed by atoms with Gasteiger partial charge in [0.05, 0.1) is 0 Å². The highest BCUT2D eigenvalue weighted by molar-refractivity contribution is 9.09. The van der Waals surface area contributed by atoms with Gasteiger partial charge in [0.2, 0.25) is 0 Å². The first-order chi connectivity index (χ1) is 2.27. The summed E-state index contributed by atoms with van der Waals surface area (Å²) in [6, 6.07) is 0. The van der Waals surface area contributed by atoms with Crippen molar-refractivity contribution in [3.8, 4) is 0 Å². The second-order valence-electron chi connectivity index (χ2n) is 0.460. The van der Waals surface area contributed by atoms with Crippen molar-refractivity contribution in [2.24, 2.45) is 0 Å². The second kappa shape index (κ2) is 2.57. The molecule has 0 aromatic heterocycles. The Hall–Kier alpha value is 0.340. The minimum Gasteiger partial charge on any atom is -0.240 e. The van der Waals surface area contributed by atoms with Crippen LogP contribution in [0.1, 0.15) is 0 Å². The van der Waals surface area contributed by atoms with E-state index in [4.69, 9.17) is 0 Å². The van der Waals surface area contributed by atoms with Gasteiger partial charge in [-0.25, -0.2) is 8.78 Å². The molecular weight excluding hydrogens is 142 g/mol. The molecule has 0 heterocycles. The van der Waals surface area contributed by atoms with Crippen molar-refractivity contribution in [1.82, 2.24) is 0 Å². The lowest BCUT2D eigenvalue weighted by molar-refractivity contribution is 0.422. The van der Waals surface area contributed by atoms with Crippen LogP contribution in [0.15, 0.2) is 0 Å². The molecular formula is C2H2BrF2. The van der Waals surface area contributed by atoms with E-state index in [-0.39, 0.29) is 6.67 Å². The van der Waals surface area contributed by atoms with Crippen molar-refractivity contribution in [3.05, 3.63) is 6.67 Å². The molecule has 1 radical (unpaired) electrons. The van der Waals surface area contributed by atoms with Crippen LogP contribution in [0, 0.1) is 6.67 Å². The molecule has 0 amide bonds. The Bertz CT molecular complexity index is 21.6. The van der Waals surface area contributed by atoms with Gasteiger partial charge < -0.3 is 0 Å². The van der Waals surface area contributed by atoms with Gasteiger partial charge in [0, 0.05) is 0 Å². The van der Waals surface area contributed by atoms with E-state index in [1.807, 2.05) is 0 Å². The average Bonchev–Trinajstić information content (AvgIpc) is 1.38. The highest BCUT2D eigenvalue weighted by Crippen LogP contribution is 2.03. The van der Waals surface area contributed by atoms with Crippen LogP contribution < -0.4 is 0 Å². The average molecular weight is 144 g/mol. The lowest BCUT2D eigenvalue weighted by Crippen LogP contribution is -1.76. The molecule has 0 aromatic carbocycles. The predicted molar refractivity (Wildman–Crippen MR) is 19.2 cm³/mol. The molecule has 0 saturated carbocycles. The maximum atomic E-state index is 10.9. The van der Waals surface area contributed by atoms with Crippen LogP contribution in [-0.4, -0.2) is 5.08 Å². The molecule has 0 aliphatic heterocycles. The quantitative estimate of drug-likeness (QED) is 0.492. The molecule has 0 spiro atoms. The fourth-order valence-electron chi connectivity index (χ4n) is 0. The van der Waals surface area contributed by atoms with Gasteiger partial charge in [0.1, 0.15) is 0 Å². The molecule has 1 unspecified atom stereocenters. The van der Waals surface area contributed by atoms with Crippen molar-refractivity contribution in [1.29, 1.82) is 0 Å². The second-order valence-corrected chi connectivity index (χ2v) is 1.34. The van der Waals surface area contributed by atoms with Crippen LogP contribution in [0.3, 0.4) is 0 Å². The summed E-state index contributed by atoms with van der Waals surface area (Å²) in [5.74, 6) is 0. The van der Waals surface area contributed by atoms with Crippen LogP contribution >= 0.6 is 15.9 Å². The molecule has 5 heavy (non-hydrogen) atoms. The van der Waals surface area contributed by atoms with E-state index in [2.05, 4.69) is 15.9 Å². The van der Waals surface area contributed by atoms with Gasteiger partial charge in [-0.2, -0.15) is 0 Å². The minimum atomic E-state index is -1.59. The number of rotatable bonds is 1. The molecule has 1 atom stereocenters. The van der Waals surface area contributed by atoms with Crippen LogP contribution in [0.4, 0.5) is 8.78 Å². The van der Waals surface area contributed by atoms with Crippen molar-refractivity contribution < 1.29 is 8.78 Å². The van der Waals surface area contributed by atoms with Gasteiger partial charge >= 0.3 is 0 Å². The molecule has 0 N–H and O–H groups in total. The molecule has 0 aliphatic carbocycles. The highest BCUT2D eigenvalue weighted by Gasteiger charge is 1.93. The van der Waals surface area contributed by atoms with Crippen molar-refractivity contribution in [2.75, 3.05) is 0 Å². The van der Waals surface area contributed by atoms with Crippen molar-refractivity contribution in [3.63, 3.8) is 0 Å². The van der Waals surface area contributed by atoms with Crippen LogP contribution in [-0.2, 0) is 0 Å². The summed E-state index contributed by atoms with van der Waals surface area (Å²) >= 11 is 2.28.